The Bertz CT molecular complexity index is 993. The van der Waals surface area contributed by atoms with Gasteiger partial charge in [0.15, 0.2) is 0 Å². The lowest BCUT2D eigenvalue weighted by molar-refractivity contribution is -0.138. The first kappa shape index (κ1) is 22.8. The molecule has 156 valence electrons. The number of hydrogen-bond donors (Lipinski definition) is 0. The van der Waals surface area contributed by atoms with Crippen LogP contribution in [0.2, 0.25) is 5.02 Å². The van der Waals surface area contributed by atoms with Gasteiger partial charge in [0.05, 0.1) is 17.1 Å². The van der Waals surface area contributed by atoms with Gasteiger partial charge in [-0.1, -0.05) is 23.7 Å². The van der Waals surface area contributed by atoms with Gasteiger partial charge in [-0.2, -0.15) is 13.2 Å². The van der Waals surface area contributed by atoms with Crippen molar-refractivity contribution in [1.82, 2.24) is 4.90 Å². The van der Waals surface area contributed by atoms with Gasteiger partial charge in [0, 0.05) is 17.6 Å². The fourth-order valence-electron chi connectivity index (χ4n) is 2.54. The third-order valence-corrected chi connectivity index (χ3v) is 5.88. The fraction of sp³-hybridized carbons (Fsp3) is 0.211. The van der Waals surface area contributed by atoms with Crippen molar-refractivity contribution in [3.8, 4) is 0 Å². The summed E-state index contributed by atoms with van der Waals surface area (Å²) in [4.78, 5) is 12.5. The molecule has 0 fully saturated rings. The van der Waals surface area contributed by atoms with E-state index in [0.717, 1.165) is 17.4 Å². The van der Waals surface area contributed by atoms with E-state index in [2.05, 4.69) is 6.58 Å². The Morgan fingerprint density at radius 3 is 2.34 bits per heavy atom. The molecule has 0 spiro atoms. The van der Waals surface area contributed by atoms with Gasteiger partial charge in [-0.05, 0) is 42.5 Å². The van der Waals surface area contributed by atoms with Gasteiger partial charge in [-0.15, -0.1) is 6.58 Å². The highest BCUT2D eigenvalue weighted by Crippen LogP contribution is 2.26. The summed E-state index contributed by atoms with van der Waals surface area (Å²) < 4.78 is 64.9. The minimum Gasteiger partial charge on any atom is -0.333 e. The molecule has 2 aromatic rings. The zero-order valence-electron chi connectivity index (χ0n) is 15.4. The molecular weight excluding hydrogens is 429 g/mol. The lowest BCUT2D eigenvalue weighted by Gasteiger charge is -2.24. The van der Waals surface area contributed by atoms with E-state index in [0.29, 0.717) is 15.6 Å². The Hall–Kier alpha value is -2.52. The third-order valence-electron chi connectivity index (χ3n) is 3.84. The van der Waals surface area contributed by atoms with E-state index in [4.69, 9.17) is 11.6 Å². The maximum absolute atomic E-state index is 13.1. The first-order valence-corrected chi connectivity index (χ1v) is 10.1. The van der Waals surface area contributed by atoms with Gasteiger partial charge in [0.25, 0.3) is 15.9 Å². The SMILES string of the molecule is C=CCN(c1ccc(Cl)cc1)S(=O)(=O)c1cccc(C(=O)N(C)CC(F)(F)F)c1. The van der Waals surface area contributed by atoms with Crippen molar-refractivity contribution in [2.45, 2.75) is 11.1 Å². The van der Waals surface area contributed by atoms with Crippen molar-refractivity contribution >= 4 is 33.2 Å². The molecule has 0 aliphatic heterocycles. The highest BCUT2D eigenvalue weighted by atomic mass is 35.5. The van der Waals surface area contributed by atoms with Gasteiger partial charge >= 0.3 is 6.18 Å². The summed E-state index contributed by atoms with van der Waals surface area (Å²) >= 11 is 5.85. The summed E-state index contributed by atoms with van der Waals surface area (Å²) in [6.45, 7) is 2.05. The van der Waals surface area contributed by atoms with Crippen LogP contribution >= 0.6 is 11.6 Å². The average Bonchev–Trinajstić information content (AvgIpc) is 2.65. The number of rotatable bonds is 7. The molecule has 0 aliphatic carbocycles. The first-order valence-electron chi connectivity index (χ1n) is 8.27. The predicted molar refractivity (Wildman–Crippen MR) is 106 cm³/mol. The molecule has 0 unspecified atom stereocenters. The van der Waals surface area contributed by atoms with E-state index in [1.165, 1.54) is 48.5 Å². The van der Waals surface area contributed by atoms with Crippen molar-refractivity contribution < 1.29 is 26.4 Å². The lowest BCUT2D eigenvalue weighted by atomic mass is 10.2. The van der Waals surface area contributed by atoms with E-state index in [1.807, 2.05) is 0 Å². The molecule has 0 radical (unpaired) electrons. The van der Waals surface area contributed by atoms with Gasteiger partial charge in [-0.3, -0.25) is 9.10 Å². The topological polar surface area (TPSA) is 57.7 Å². The average molecular weight is 447 g/mol. The molecule has 1 amide bonds. The van der Waals surface area contributed by atoms with E-state index < -0.39 is 28.7 Å². The smallest absolute Gasteiger partial charge is 0.333 e. The standard InChI is InChI=1S/C19H18ClF3N2O3S/c1-3-11-25(16-9-7-15(20)8-10-16)29(27,28)17-6-4-5-14(12-17)18(26)24(2)13-19(21,22)23/h3-10,12H,1,11,13H2,2H3. The molecule has 0 saturated heterocycles. The Kier molecular flexibility index (Phi) is 6.97. The molecule has 0 atom stereocenters. The quantitative estimate of drug-likeness (QED) is 0.594. The Morgan fingerprint density at radius 2 is 1.79 bits per heavy atom. The maximum Gasteiger partial charge on any atom is 0.406 e. The van der Waals surface area contributed by atoms with Crippen LogP contribution in [0.15, 0.2) is 66.1 Å². The molecule has 0 heterocycles. The van der Waals surface area contributed by atoms with Crippen molar-refractivity contribution in [1.29, 1.82) is 0 Å². The minimum atomic E-state index is -4.57. The molecule has 10 heteroatoms. The number of halogens is 4. The molecule has 0 aromatic heterocycles. The summed E-state index contributed by atoms with van der Waals surface area (Å²) in [5.41, 5.74) is 0.146. The van der Waals surface area contributed by atoms with E-state index >= 15 is 0 Å². The number of alkyl halides is 3. The van der Waals surface area contributed by atoms with Crippen LogP contribution < -0.4 is 4.31 Å². The van der Waals surface area contributed by atoms with Crippen molar-refractivity contribution in [3.05, 3.63) is 71.8 Å². The number of sulfonamides is 1. The van der Waals surface area contributed by atoms with Crippen LogP contribution in [0.4, 0.5) is 18.9 Å². The van der Waals surface area contributed by atoms with Gasteiger partial charge in [-0.25, -0.2) is 8.42 Å². The van der Waals surface area contributed by atoms with Gasteiger partial charge in [0.2, 0.25) is 0 Å². The number of amides is 1. The maximum atomic E-state index is 13.1. The van der Waals surface area contributed by atoms with Crippen LogP contribution in [0, 0.1) is 0 Å². The zero-order valence-corrected chi connectivity index (χ0v) is 16.9. The summed E-state index contributed by atoms with van der Waals surface area (Å²) in [5, 5.41) is 0.421. The second-order valence-electron chi connectivity index (χ2n) is 6.11. The number of benzene rings is 2. The van der Waals surface area contributed by atoms with Crippen molar-refractivity contribution in [2.24, 2.45) is 0 Å². The van der Waals surface area contributed by atoms with Crippen LogP contribution in [0.1, 0.15) is 10.4 Å². The number of hydrogen-bond acceptors (Lipinski definition) is 3. The first-order chi connectivity index (χ1) is 13.5. The van der Waals surface area contributed by atoms with Crippen LogP contribution in [0.25, 0.3) is 0 Å². The Labute approximate surface area is 172 Å². The molecule has 29 heavy (non-hydrogen) atoms. The monoisotopic (exact) mass is 446 g/mol. The zero-order chi connectivity index (χ0) is 21.8. The van der Waals surface area contributed by atoms with E-state index in [1.54, 1.807) is 0 Å². The van der Waals surface area contributed by atoms with E-state index in [9.17, 15) is 26.4 Å². The summed E-state index contributed by atoms with van der Waals surface area (Å²) in [6, 6.07) is 10.9. The van der Waals surface area contributed by atoms with Crippen LogP contribution in [-0.2, 0) is 10.0 Å². The molecule has 2 aromatic carbocycles. The van der Waals surface area contributed by atoms with Gasteiger partial charge in [0.1, 0.15) is 6.54 Å². The van der Waals surface area contributed by atoms with E-state index in [-0.39, 0.29) is 17.0 Å². The molecule has 0 bridgehead atoms. The summed E-state index contributed by atoms with van der Waals surface area (Å²) in [5.74, 6) is -0.943. The molecule has 0 N–H and O–H groups in total. The van der Waals surface area contributed by atoms with Crippen molar-refractivity contribution in [2.75, 3.05) is 24.4 Å². The normalized spacial score (nSPS) is 11.8. The van der Waals surface area contributed by atoms with Crippen LogP contribution in [0.5, 0.6) is 0 Å². The highest BCUT2D eigenvalue weighted by molar-refractivity contribution is 7.92. The summed E-state index contributed by atoms with van der Waals surface area (Å²) in [6.07, 6.45) is -3.18. The minimum absolute atomic E-state index is 0.0594. The predicted octanol–water partition coefficient (Wildman–Crippen LogP) is 4.36. The molecule has 0 saturated carbocycles. The highest BCUT2D eigenvalue weighted by Gasteiger charge is 2.32. The van der Waals surface area contributed by atoms with Gasteiger partial charge < -0.3 is 4.90 Å². The Morgan fingerprint density at radius 1 is 1.17 bits per heavy atom. The second kappa shape index (κ2) is 8.87. The molecule has 2 rings (SSSR count). The third kappa shape index (κ3) is 5.74. The number of nitrogens with zero attached hydrogens (tertiary/aromatic N) is 2. The largest absolute Gasteiger partial charge is 0.406 e. The molecule has 5 nitrogen and oxygen atoms in total. The Balaban J connectivity index is 2.41. The second-order valence-corrected chi connectivity index (χ2v) is 8.40. The molecule has 0 aliphatic rings. The fourth-order valence-corrected chi connectivity index (χ4v) is 4.15. The number of anilines is 1. The van der Waals surface area contributed by atoms with Crippen LogP contribution in [-0.4, -0.2) is 45.5 Å². The summed E-state index contributed by atoms with van der Waals surface area (Å²) in [7, 11) is -3.13. The van der Waals surface area contributed by atoms with Crippen LogP contribution in [0.3, 0.4) is 0 Å². The van der Waals surface area contributed by atoms with Crippen molar-refractivity contribution in [3.63, 3.8) is 0 Å². The number of carbonyl (C=O) groups is 1. The molecular formula is C19H18ClF3N2O3S. The number of carbonyl (C=O) groups excluding carboxylic acids is 1. The lowest BCUT2D eigenvalue weighted by Crippen LogP contribution is -2.36.